The lowest BCUT2D eigenvalue weighted by Gasteiger charge is -1.88. The van der Waals surface area contributed by atoms with Crippen molar-refractivity contribution >= 4 is 0 Å². The Balaban J connectivity index is 2.76. The molecule has 1 aromatic heterocycles. The van der Waals surface area contributed by atoms with E-state index >= 15 is 0 Å². The molecular weight excluding hydrogens is 90.1 g/mol. The summed E-state index contributed by atoms with van der Waals surface area (Å²) in [7, 11) is 0. The molecule has 0 atom stereocenters. The topological polar surface area (TPSA) is 43.8 Å². The van der Waals surface area contributed by atoms with E-state index in [9.17, 15) is 0 Å². The van der Waals surface area contributed by atoms with Crippen molar-refractivity contribution in [3.8, 4) is 0 Å². The summed E-state index contributed by atoms with van der Waals surface area (Å²) in [4.78, 5) is 0. The Morgan fingerprint density at radius 1 is 1.71 bits per heavy atom. The number of nitrogens with two attached hydrogens (primary N) is 1. The van der Waals surface area contributed by atoms with Gasteiger partial charge in [-0.05, 0) is 6.07 Å². The molecule has 0 aliphatic rings. The van der Waals surface area contributed by atoms with Gasteiger partial charge in [-0.15, -0.1) is 0 Å². The summed E-state index contributed by atoms with van der Waals surface area (Å²) in [5, 5.41) is 3.83. The molecule has 7 heavy (non-hydrogen) atoms. The van der Waals surface area contributed by atoms with Crippen LogP contribution in [0.1, 0.15) is 0 Å². The van der Waals surface area contributed by atoms with Gasteiger partial charge in [-0.3, -0.25) is 4.68 Å². The first-order valence-electron chi connectivity index (χ1n) is 2.11. The quantitative estimate of drug-likeness (QED) is 0.527. The molecule has 0 aliphatic carbocycles. The summed E-state index contributed by atoms with van der Waals surface area (Å²) in [5.74, 6) is 0. The van der Waals surface area contributed by atoms with Crippen molar-refractivity contribution in [2.24, 2.45) is 5.73 Å². The van der Waals surface area contributed by atoms with E-state index in [0.717, 1.165) is 0 Å². The van der Waals surface area contributed by atoms with E-state index in [0.29, 0.717) is 6.67 Å². The molecule has 1 aromatic rings. The number of hydrogen-bond donors (Lipinski definition) is 1. The summed E-state index contributed by atoms with van der Waals surface area (Å²) in [6.07, 6.45) is 3.52. The van der Waals surface area contributed by atoms with Crippen LogP contribution in [-0.2, 0) is 6.67 Å². The highest BCUT2D eigenvalue weighted by Gasteiger charge is 1.77. The SMILES string of the molecule is NCn1cccn1. The zero-order chi connectivity index (χ0) is 5.11. The number of rotatable bonds is 1. The molecule has 3 nitrogen and oxygen atoms in total. The lowest BCUT2D eigenvalue weighted by atomic mass is 10.8. The molecule has 1 heterocycles. The minimum Gasteiger partial charge on any atom is -0.312 e. The van der Waals surface area contributed by atoms with Crippen molar-refractivity contribution in [3.05, 3.63) is 18.5 Å². The van der Waals surface area contributed by atoms with Crippen LogP contribution >= 0.6 is 0 Å². The Kier molecular flexibility index (Phi) is 1.08. The monoisotopic (exact) mass is 97.1 g/mol. The number of hydrogen-bond acceptors (Lipinski definition) is 2. The van der Waals surface area contributed by atoms with Gasteiger partial charge in [0.15, 0.2) is 0 Å². The first-order chi connectivity index (χ1) is 3.43. The third-order valence-electron chi connectivity index (χ3n) is 0.746. The van der Waals surface area contributed by atoms with Gasteiger partial charge >= 0.3 is 0 Å². The first kappa shape index (κ1) is 4.33. The standard InChI is InChI=1S/C4H7N3/c5-4-7-3-1-2-6-7/h1-3H,4-5H2. The highest BCUT2D eigenvalue weighted by atomic mass is 15.3. The summed E-state index contributed by atoms with van der Waals surface area (Å²) < 4.78 is 1.65. The van der Waals surface area contributed by atoms with Crippen LogP contribution in [-0.4, -0.2) is 9.78 Å². The van der Waals surface area contributed by atoms with Crippen LogP contribution < -0.4 is 5.73 Å². The van der Waals surface area contributed by atoms with E-state index in [-0.39, 0.29) is 0 Å². The maximum atomic E-state index is 5.19. The summed E-state index contributed by atoms with van der Waals surface area (Å²) in [5.41, 5.74) is 5.19. The predicted octanol–water partition coefficient (Wildman–Crippen LogP) is -0.201. The molecule has 0 saturated heterocycles. The lowest BCUT2D eigenvalue weighted by molar-refractivity contribution is 0.638. The van der Waals surface area contributed by atoms with Crippen LogP contribution in [0.5, 0.6) is 0 Å². The van der Waals surface area contributed by atoms with Crippen LogP contribution in [0.4, 0.5) is 0 Å². The first-order valence-corrected chi connectivity index (χ1v) is 2.11. The smallest absolute Gasteiger partial charge is 0.0878 e. The van der Waals surface area contributed by atoms with Crippen LogP contribution in [0.25, 0.3) is 0 Å². The van der Waals surface area contributed by atoms with E-state index in [4.69, 9.17) is 5.73 Å². The minimum atomic E-state index is 0.465. The predicted molar refractivity (Wildman–Crippen MR) is 26.4 cm³/mol. The van der Waals surface area contributed by atoms with Crippen LogP contribution in [0.2, 0.25) is 0 Å². The highest BCUT2D eigenvalue weighted by Crippen LogP contribution is 1.76. The fourth-order valence-corrected chi connectivity index (χ4v) is 0.408. The van der Waals surface area contributed by atoms with Gasteiger partial charge in [0.05, 0.1) is 6.67 Å². The third-order valence-corrected chi connectivity index (χ3v) is 0.746. The number of aromatic nitrogens is 2. The van der Waals surface area contributed by atoms with Gasteiger partial charge in [-0.1, -0.05) is 0 Å². The molecule has 0 aliphatic heterocycles. The molecule has 3 heteroatoms. The second-order valence-electron chi connectivity index (χ2n) is 1.23. The molecule has 38 valence electrons. The molecule has 0 saturated carbocycles. The minimum absolute atomic E-state index is 0.465. The van der Waals surface area contributed by atoms with Crippen molar-refractivity contribution in [1.29, 1.82) is 0 Å². The molecule has 0 bridgehead atoms. The van der Waals surface area contributed by atoms with E-state index in [1.807, 2.05) is 12.3 Å². The Hall–Kier alpha value is -0.830. The molecule has 0 radical (unpaired) electrons. The Bertz CT molecular complexity index is 121. The highest BCUT2D eigenvalue weighted by molar-refractivity contribution is 4.76. The summed E-state index contributed by atoms with van der Waals surface area (Å²) in [6.45, 7) is 0.465. The lowest BCUT2D eigenvalue weighted by Crippen LogP contribution is -2.06. The average molecular weight is 97.1 g/mol. The molecule has 0 amide bonds. The molecule has 0 aromatic carbocycles. The maximum absolute atomic E-state index is 5.19. The van der Waals surface area contributed by atoms with E-state index < -0.39 is 0 Å². The van der Waals surface area contributed by atoms with Gasteiger partial charge in [0, 0.05) is 12.4 Å². The van der Waals surface area contributed by atoms with Crippen molar-refractivity contribution in [2.45, 2.75) is 6.67 Å². The second-order valence-corrected chi connectivity index (χ2v) is 1.23. The molecule has 0 spiro atoms. The Morgan fingerprint density at radius 2 is 2.57 bits per heavy atom. The molecular formula is C4H7N3. The second kappa shape index (κ2) is 1.75. The normalized spacial score (nSPS) is 9.29. The van der Waals surface area contributed by atoms with Crippen LogP contribution in [0.3, 0.4) is 0 Å². The summed E-state index contributed by atoms with van der Waals surface area (Å²) >= 11 is 0. The van der Waals surface area contributed by atoms with Gasteiger partial charge in [0.25, 0.3) is 0 Å². The Labute approximate surface area is 41.7 Å². The van der Waals surface area contributed by atoms with E-state index in [2.05, 4.69) is 5.10 Å². The van der Waals surface area contributed by atoms with Crippen molar-refractivity contribution in [2.75, 3.05) is 0 Å². The van der Waals surface area contributed by atoms with Gasteiger partial charge in [0.2, 0.25) is 0 Å². The fourth-order valence-electron chi connectivity index (χ4n) is 0.408. The van der Waals surface area contributed by atoms with E-state index in [1.165, 1.54) is 0 Å². The maximum Gasteiger partial charge on any atom is 0.0878 e. The van der Waals surface area contributed by atoms with Crippen LogP contribution in [0, 0.1) is 0 Å². The number of nitrogens with zero attached hydrogens (tertiary/aromatic N) is 2. The average Bonchev–Trinajstić information content (AvgIpc) is 2.14. The molecule has 0 unspecified atom stereocenters. The zero-order valence-corrected chi connectivity index (χ0v) is 3.91. The van der Waals surface area contributed by atoms with Gasteiger partial charge in [-0.2, -0.15) is 5.10 Å². The molecule has 1 rings (SSSR count). The summed E-state index contributed by atoms with van der Waals surface area (Å²) in [6, 6.07) is 1.84. The van der Waals surface area contributed by atoms with Gasteiger partial charge in [0.1, 0.15) is 0 Å². The van der Waals surface area contributed by atoms with Crippen LogP contribution in [0.15, 0.2) is 18.5 Å². The van der Waals surface area contributed by atoms with Gasteiger partial charge in [-0.25, -0.2) is 0 Å². The van der Waals surface area contributed by atoms with Crippen molar-refractivity contribution in [1.82, 2.24) is 9.78 Å². The zero-order valence-electron chi connectivity index (χ0n) is 3.91. The van der Waals surface area contributed by atoms with Crippen molar-refractivity contribution in [3.63, 3.8) is 0 Å². The van der Waals surface area contributed by atoms with Gasteiger partial charge < -0.3 is 5.73 Å². The fraction of sp³-hybridized carbons (Fsp3) is 0.250. The van der Waals surface area contributed by atoms with E-state index in [1.54, 1.807) is 10.9 Å². The Morgan fingerprint density at radius 3 is 2.86 bits per heavy atom. The molecule has 2 N–H and O–H groups in total. The largest absolute Gasteiger partial charge is 0.312 e. The third kappa shape index (κ3) is 0.778. The van der Waals surface area contributed by atoms with Crippen molar-refractivity contribution < 1.29 is 0 Å². The molecule has 0 fully saturated rings.